The van der Waals surface area contributed by atoms with E-state index >= 15 is 0 Å². The molecule has 2 aromatic rings. The first-order chi connectivity index (χ1) is 13.5. The Morgan fingerprint density at radius 3 is 2.21 bits per heavy atom. The third-order valence-electron chi connectivity index (χ3n) is 4.18. The van der Waals surface area contributed by atoms with Crippen LogP contribution in [0.4, 0.5) is 5.69 Å². The minimum atomic E-state index is -0.717. The zero-order valence-electron chi connectivity index (χ0n) is 16.6. The van der Waals surface area contributed by atoms with Crippen LogP contribution in [-0.4, -0.2) is 35.9 Å². The second kappa shape index (κ2) is 10.7. The molecule has 0 aromatic heterocycles. The average Bonchev–Trinajstić information content (AvgIpc) is 2.69. The third-order valence-corrected chi connectivity index (χ3v) is 4.50. The number of para-hydroxylation sites is 1. The van der Waals surface area contributed by atoms with Crippen molar-refractivity contribution in [2.45, 2.75) is 39.7 Å². The molecular formula is C22H27ClN2O3. The van der Waals surface area contributed by atoms with Gasteiger partial charge in [0.2, 0.25) is 0 Å². The Bertz CT molecular complexity index is 787. The molecule has 0 bridgehead atoms. The summed E-state index contributed by atoms with van der Waals surface area (Å²) in [7, 11) is 0. The Labute approximate surface area is 171 Å². The molecule has 0 aliphatic heterocycles. The normalized spacial score (nSPS) is 11.6. The van der Waals surface area contributed by atoms with Gasteiger partial charge < -0.3 is 15.0 Å². The average molecular weight is 403 g/mol. The third kappa shape index (κ3) is 5.99. The van der Waals surface area contributed by atoms with Gasteiger partial charge in [0, 0.05) is 24.3 Å². The van der Waals surface area contributed by atoms with Gasteiger partial charge in [-0.3, -0.25) is 9.59 Å². The number of amides is 2. The maximum Gasteiger partial charge on any atom is 0.265 e. The van der Waals surface area contributed by atoms with Gasteiger partial charge in [0.1, 0.15) is 5.75 Å². The van der Waals surface area contributed by atoms with E-state index in [1.165, 1.54) is 0 Å². The molecule has 0 saturated heterocycles. The van der Waals surface area contributed by atoms with Gasteiger partial charge in [0.05, 0.1) is 5.02 Å². The maximum absolute atomic E-state index is 12.6. The molecule has 0 heterocycles. The van der Waals surface area contributed by atoms with Crippen molar-refractivity contribution >= 4 is 29.1 Å². The monoisotopic (exact) mass is 402 g/mol. The zero-order chi connectivity index (χ0) is 20.5. The van der Waals surface area contributed by atoms with Crippen LogP contribution in [0.15, 0.2) is 48.5 Å². The summed E-state index contributed by atoms with van der Waals surface area (Å²) in [6.07, 6.45) is 1.12. The largest absolute Gasteiger partial charge is 0.479 e. The van der Waals surface area contributed by atoms with Gasteiger partial charge in [-0.25, -0.2) is 0 Å². The molecule has 0 aliphatic rings. The first kappa shape index (κ1) is 21.8. The molecule has 0 radical (unpaired) electrons. The van der Waals surface area contributed by atoms with E-state index in [9.17, 15) is 9.59 Å². The molecule has 0 saturated carbocycles. The van der Waals surface area contributed by atoms with Crippen LogP contribution in [0.3, 0.4) is 0 Å². The fourth-order valence-electron chi connectivity index (χ4n) is 2.76. The molecule has 1 atom stereocenters. The number of nitrogens with zero attached hydrogens (tertiary/aromatic N) is 1. The topological polar surface area (TPSA) is 58.6 Å². The van der Waals surface area contributed by atoms with E-state index in [2.05, 4.69) is 19.2 Å². The fraction of sp³-hybridized carbons (Fsp3) is 0.364. The molecule has 28 heavy (non-hydrogen) atoms. The number of benzene rings is 2. The molecule has 150 valence electrons. The van der Waals surface area contributed by atoms with Crippen molar-refractivity contribution in [2.75, 3.05) is 18.4 Å². The van der Waals surface area contributed by atoms with E-state index < -0.39 is 6.10 Å². The van der Waals surface area contributed by atoms with Crippen molar-refractivity contribution < 1.29 is 14.3 Å². The lowest BCUT2D eigenvalue weighted by atomic mass is 10.1. The van der Waals surface area contributed by atoms with Crippen molar-refractivity contribution in [2.24, 2.45) is 0 Å². The number of carbonyl (C=O) groups excluding carboxylic acids is 2. The molecule has 5 nitrogen and oxygen atoms in total. The SMILES string of the molecule is CCCN(CCC)C(=O)c1ccc(NC(=O)C(C)Oc2ccccc2Cl)cc1. The lowest BCUT2D eigenvalue weighted by Crippen LogP contribution is -2.32. The van der Waals surface area contributed by atoms with Gasteiger partial charge in [-0.15, -0.1) is 0 Å². The summed E-state index contributed by atoms with van der Waals surface area (Å²) in [6, 6.07) is 13.9. The Hall–Kier alpha value is -2.53. The van der Waals surface area contributed by atoms with Crippen LogP contribution in [0.5, 0.6) is 5.75 Å². The van der Waals surface area contributed by atoms with Crippen LogP contribution < -0.4 is 10.1 Å². The van der Waals surface area contributed by atoms with Crippen LogP contribution in [-0.2, 0) is 4.79 Å². The highest BCUT2D eigenvalue weighted by Crippen LogP contribution is 2.24. The molecule has 0 aliphatic carbocycles. The van der Waals surface area contributed by atoms with Gasteiger partial charge in [-0.2, -0.15) is 0 Å². The summed E-state index contributed by atoms with van der Waals surface area (Å²) >= 11 is 6.06. The van der Waals surface area contributed by atoms with Crippen LogP contribution in [0, 0.1) is 0 Å². The summed E-state index contributed by atoms with van der Waals surface area (Å²) in [5.74, 6) is 0.175. The molecule has 2 amide bonds. The Morgan fingerprint density at radius 2 is 1.64 bits per heavy atom. The van der Waals surface area contributed by atoms with Crippen molar-refractivity contribution in [3.8, 4) is 5.75 Å². The highest BCUT2D eigenvalue weighted by atomic mass is 35.5. The lowest BCUT2D eigenvalue weighted by molar-refractivity contribution is -0.122. The zero-order valence-corrected chi connectivity index (χ0v) is 17.3. The molecule has 0 spiro atoms. The molecule has 6 heteroatoms. The molecule has 1 unspecified atom stereocenters. The first-order valence-electron chi connectivity index (χ1n) is 9.57. The van der Waals surface area contributed by atoms with Gasteiger partial charge in [-0.05, 0) is 56.2 Å². The summed E-state index contributed by atoms with van der Waals surface area (Å²) in [5.41, 5.74) is 1.22. The van der Waals surface area contributed by atoms with Gasteiger partial charge >= 0.3 is 0 Å². The minimum Gasteiger partial charge on any atom is -0.479 e. The van der Waals surface area contributed by atoms with E-state index in [1.807, 2.05) is 4.90 Å². The Balaban J connectivity index is 1.98. The standard InChI is InChI=1S/C22H27ClN2O3/c1-4-14-25(15-5-2)22(27)17-10-12-18(13-11-17)24-21(26)16(3)28-20-9-7-6-8-19(20)23/h6-13,16H,4-5,14-15H2,1-3H3,(H,24,26). The fourth-order valence-corrected chi connectivity index (χ4v) is 2.94. The van der Waals surface area contributed by atoms with Gasteiger partial charge in [-0.1, -0.05) is 37.6 Å². The Morgan fingerprint density at radius 1 is 1.04 bits per heavy atom. The second-order valence-corrected chi connectivity index (χ2v) is 6.96. The number of rotatable bonds is 9. The summed E-state index contributed by atoms with van der Waals surface area (Å²) in [6.45, 7) is 7.24. The lowest BCUT2D eigenvalue weighted by Gasteiger charge is -2.21. The van der Waals surface area contributed by atoms with E-state index in [0.717, 1.165) is 25.9 Å². The first-order valence-corrected chi connectivity index (χ1v) is 9.95. The number of halogens is 1. The number of hydrogen-bond acceptors (Lipinski definition) is 3. The van der Waals surface area contributed by atoms with Crippen molar-refractivity contribution in [1.82, 2.24) is 4.90 Å². The van der Waals surface area contributed by atoms with E-state index in [0.29, 0.717) is 22.0 Å². The van der Waals surface area contributed by atoms with E-state index in [4.69, 9.17) is 16.3 Å². The molecule has 0 fully saturated rings. The number of ether oxygens (including phenoxy) is 1. The maximum atomic E-state index is 12.6. The van der Waals surface area contributed by atoms with E-state index in [-0.39, 0.29) is 11.8 Å². The van der Waals surface area contributed by atoms with Crippen molar-refractivity contribution in [3.63, 3.8) is 0 Å². The highest BCUT2D eigenvalue weighted by molar-refractivity contribution is 6.32. The molecule has 1 N–H and O–H groups in total. The number of hydrogen-bond donors (Lipinski definition) is 1. The quantitative estimate of drug-likeness (QED) is 0.641. The van der Waals surface area contributed by atoms with Crippen molar-refractivity contribution in [1.29, 1.82) is 0 Å². The summed E-state index contributed by atoms with van der Waals surface area (Å²) < 4.78 is 5.62. The predicted molar refractivity (Wildman–Crippen MR) is 113 cm³/mol. The second-order valence-electron chi connectivity index (χ2n) is 6.55. The summed E-state index contributed by atoms with van der Waals surface area (Å²) in [4.78, 5) is 26.8. The number of carbonyl (C=O) groups is 2. The summed E-state index contributed by atoms with van der Waals surface area (Å²) in [5, 5.41) is 3.25. The minimum absolute atomic E-state index is 0.0111. The number of nitrogens with one attached hydrogen (secondary N) is 1. The predicted octanol–water partition coefficient (Wildman–Crippen LogP) is 5.01. The smallest absolute Gasteiger partial charge is 0.265 e. The van der Waals surface area contributed by atoms with Crippen LogP contribution in [0.1, 0.15) is 44.0 Å². The van der Waals surface area contributed by atoms with Crippen LogP contribution >= 0.6 is 11.6 Å². The number of anilines is 1. The van der Waals surface area contributed by atoms with Gasteiger partial charge in [0.25, 0.3) is 11.8 Å². The van der Waals surface area contributed by atoms with Crippen LogP contribution in [0.25, 0.3) is 0 Å². The highest BCUT2D eigenvalue weighted by Gasteiger charge is 2.17. The van der Waals surface area contributed by atoms with Crippen molar-refractivity contribution in [3.05, 3.63) is 59.1 Å². The molecular weight excluding hydrogens is 376 g/mol. The van der Waals surface area contributed by atoms with Crippen LogP contribution in [0.2, 0.25) is 5.02 Å². The molecule has 2 rings (SSSR count). The van der Waals surface area contributed by atoms with E-state index in [1.54, 1.807) is 55.5 Å². The van der Waals surface area contributed by atoms with Gasteiger partial charge in [0.15, 0.2) is 6.10 Å². The Kier molecular flexibility index (Phi) is 8.33. The molecule has 2 aromatic carbocycles.